The molecule has 0 radical (unpaired) electrons. The first-order chi connectivity index (χ1) is 16.0. The number of anilines is 2. The van der Waals surface area contributed by atoms with Gasteiger partial charge in [0.05, 0.1) is 12.6 Å². The van der Waals surface area contributed by atoms with Crippen LogP contribution in [0.2, 0.25) is 0 Å². The van der Waals surface area contributed by atoms with Crippen molar-refractivity contribution in [2.45, 2.75) is 38.7 Å². The van der Waals surface area contributed by atoms with Crippen LogP contribution >= 0.6 is 0 Å². The zero-order chi connectivity index (χ0) is 23.4. The molecular weight excluding hydrogens is 416 g/mol. The highest BCUT2D eigenvalue weighted by Crippen LogP contribution is 2.36. The number of fused-ring (bicyclic) bond motifs is 1. The third kappa shape index (κ3) is 5.08. The summed E-state index contributed by atoms with van der Waals surface area (Å²) in [5.74, 6) is 2.42. The van der Waals surface area contributed by atoms with Gasteiger partial charge in [-0.05, 0) is 35.8 Å². The van der Waals surface area contributed by atoms with Crippen LogP contribution in [0.25, 0.3) is 10.9 Å². The molecule has 1 aromatic heterocycles. The van der Waals surface area contributed by atoms with E-state index in [4.69, 9.17) is 9.47 Å². The lowest BCUT2D eigenvalue weighted by atomic mass is 10.0. The molecule has 1 fully saturated rings. The van der Waals surface area contributed by atoms with Crippen molar-refractivity contribution < 1.29 is 14.3 Å². The SMILES string of the molecule is C=CC(=O)N1CCC(Oc2cc3c(Nc4ccc(C(C)C)cc4)ncnc3cc2OC)CC1. The Labute approximate surface area is 194 Å². The quantitative estimate of drug-likeness (QED) is 0.511. The number of carbonyl (C=O) groups excluding carboxylic acids is 1. The molecule has 1 saturated heterocycles. The molecule has 4 rings (SSSR count). The van der Waals surface area contributed by atoms with Crippen LogP contribution in [0.5, 0.6) is 11.5 Å². The normalized spacial score (nSPS) is 14.4. The number of hydrogen-bond acceptors (Lipinski definition) is 6. The lowest BCUT2D eigenvalue weighted by Crippen LogP contribution is -2.41. The number of benzene rings is 2. The van der Waals surface area contributed by atoms with Gasteiger partial charge < -0.3 is 19.7 Å². The summed E-state index contributed by atoms with van der Waals surface area (Å²) >= 11 is 0. The van der Waals surface area contributed by atoms with Gasteiger partial charge in [0.1, 0.15) is 18.2 Å². The molecule has 1 aliphatic rings. The van der Waals surface area contributed by atoms with Crippen molar-refractivity contribution in [3.8, 4) is 11.5 Å². The van der Waals surface area contributed by atoms with Gasteiger partial charge in [-0.1, -0.05) is 32.6 Å². The molecule has 172 valence electrons. The molecule has 1 amide bonds. The lowest BCUT2D eigenvalue weighted by Gasteiger charge is -2.31. The molecule has 0 bridgehead atoms. The Morgan fingerprint density at radius 2 is 1.88 bits per heavy atom. The second-order valence-corrected chi connectivity index (χ2v) is 8.49. The Morgan fingerprint density at radius 1 is 1.15 bits per heavy atom. The van der Waals surface area contributed by atoms with Crippen LogP contribution in [0.15, 0.2) is 55.4 Å². The summed E-state index contributed by atoms with van der Waals surface area (Å²) in [6.45, 7) is 9.21. The number of rotatable bonds is 7. The van der Waals surface area contributed by atoms with Crippen LogP contribution in [0.4, 0.5) is 11.5 Å². The van der Waals surface area contributed by atoms with E-state index in [2.05, 4.69) is 60.0 Å². The first-order valence-electron chi connectivity index (χ1n) is 11.3. The van der Waals surface area contributed by atoms with E-state index >= 15 is 0 Å². The third-order valence-electron chi connectivity index (χ3n) is 5.98. The van der Waals surface area contributed by atoms with E-state index in [1.807, 2.05) is 12.1 Å². The fourth-order valence-electron chi connectivity index (χ4n) is 4.01. The maximum absolute atomic E-state index is 11.8. The van der Waals surface area contributed by atoms with Gasteiger partial charge in [-0.3, -0.25) is 4.79 Å². The summed E-state index contributed by atoms with van der Waals surface area (Å²) in [5.41, 5.74) is 3.01. The van der Waals surface area contributed by atoms with Crippen molar-refractivity contribution in [2.24, 2.45) is 0 Å². The highest BCUT2D eigenvalue weighted by molar-refractivity contribution is 5.93. The van der Waals surface area contributed by atoms with Crippen LogP contribution in [0, 0.1) is 0 Å². The number of amides is 1. The van der Waals surface area contributed by atoms with Crippen molar-refractivity contribution in [1.29, 1.82) is 0 Å². The predicted octanol–water partition coefficient (Wildman–Crippen LogP) is 5.06. The molecule has 0 saturated carbocycles. The summed E-state index contributed by atoms with van der Waals surface area (Å²) in [6, 6.07) is 12.2. The minimum atomic E-state index is -0.0361. The van der Waals surface area contributed by atoms with Gasteiger partial charge in [-0.15, -0.1) is 0 Å². The molecule has 2 aromatic carbocycles. The second-order valence-electron chi connectivity index (χ2n) is 8.49. The molecule has 1 aliphatic heterocycles. The van der Waals surface area contributed by atoms with E-state index in [0.717, 1.165) is 29.4 Å². The summed E-state index contributed by atoms with van der Waals surface area (Å²) in [5, 5.41) is 4.25. The van der Waals surface area contributed by atoms with E-state index in [9.17, 15) is 4.79 Å². The Morgan fingerprint density at radius 3 is 2.52 bits per heavy atom. The zero-order valence-electron chi connectivity index (χ0n) is 19.4. The average Bonchev–Trinajstić information content (AvgIpc) is 2.84. The van der Waals surface area contributed by atoms with Crippen molar-refractivity contribution in [3.05, 3.63) is 60.9 Å². The minimum absolute atomic E-state index is 0.00478. The Hall–Kier alpha value is -3.61. The molecule has 33 heavy (non-hydrogen) atoms. The maximum Gasteiger partial charge on any atom is 0.245 e. The molecule has 7 heteroatoms. The number of nitrogens with zero attached hydrogens (tertiary/aromatic N) is 3. The molecule has 7 nitrogen and oxygen atoms in total. The summed E-state index contributed by atoms with van der Waals surface area (Å²) in [7, 11) is 1.62. The maximum atomic E-state index is 11.8. The summed E-state index contributed by atoms with van der Waals surface area (Å²) in [6.07, 6.45) is 4.39. The molecule has 0 spiro atoms. The molecule has 0 aliphatic carbocycles. The number of hydrogen-bond donors (Lipinski definition) is 1. The third-order valence-corrected chi connectivity index (χ3v) is 5.98. The van der Waals surface area contributed by atoms with Gasteiger partial charge in [0.15, 0.2) is 11.5 Å². The van der Waals surface area contributed by atoms with Crippen molar-refractivity contribution in [3.63, 3.8) is 0 Å². The molecule has 2 heterocycles. The number of methoxy groups -OCH3 is 1. The number of piperidine rings is 1. The topological polar surface area (TPSA) is 76.6 Å². The molecule has 0 unspecified atom stereocenters. The lowest BCUT2D eigenvalue weighted by molar-refractivity contribution is -0.127. The van der Waals surface area contributed by atoms with Gasteiger partial charge in [0.2, 0.25) is 5.91 Å². The first-order valence-corrected chi connectivity index (χ1v) is 11.3. The van der Waals surface area contributed by atoms with Gasteiger partial charge >= 0.3 is 0 Å². The zero-order valence-corrected chi connectivity index (χ0v) is 19.4. The van der Waals surface area contributed by atoms with E-state index in [1.54, 1.807) is 18.3 Å². The van der Waals surface area contributed by atoms with Crippen molar-refractivity contribution in [1.82, 2.24) is 14.9 Å². The van der Waals surface area contributed by atoms with E-state index in [0.29, 0.717) is 36.3 Å². The van der Waals surface area contributed by atoms with Gasteiger partial charge in [-0.2, -0.15) is 0 Å². The minimum Gasteiger partial charge on any atom is -0.493 e. The van der Waals surface area contributed by atoms with E-state index in [1.165, 1.54) is 11.6 Å². The number of likely N-dealkylation sites (tertiary alicyclic amines) is 1. The number of ether oxygens (including phenoxy) is 2. The van der Waals surface area contributed by atoms with Crippen LogP contribution < -0.4 is 14.8 Å². The van der Waals surface area contributed by atoms with Gasteiger partial charge in [0.25, 0.3) is 0 Å². The van der Waals surface area contributed by atoms with Crippen molar-refractivity contribution in [2.75, 3.05) is 25.5 Å². The van der Waals surface area contributed by atoms with Crippen molar-refractivity contribution >= 4 is 28.3 Å². The van der Waals surface area contributed by atoms with E-state index < -0.39 is 0 Å². The number of aromatic nitrogens is 2. The molecule has 0 atom stereocenters. The Bertz CT molecular complexity index is 1140. The average molecular weight is 447 g/mol. The summed E-state index contributed by atoms with van der Waals surface area (Å²) in [4.78, 5) is 22.5. The van der Waals surface area contributed by atoms with Crippen LogP contribution in [0.1, 0.15) is 38.2 Å². The molecular formula is C26H30N4O3. The molecule has 1 N–H and O–H groups in total. The van der Waals surface area contributed by atoms with E-state index in [-0.39, 0.29) is 12.0 Å². The Kier molecular flexibility index (Phi) is 6.77. The summed E-state index contributed by atoms with van der Waals surface area (Å²) < 4.78 is 11.9. The second kappa shape index (κ2) is 9.90. The largest absolute Gasteiger partial charge is 0.493 e. The first kappa shape index (κ1) is 22.6. The predicted molar refractivity (Wildman–Crippen MR) is 130 cm³/mol. The number of nitrogens with one attached hydrogen (secondary N) is 1. The fourth-order valence-corrected chi connectivity index (χ4v) is 4.01. The van der Waals surface area contributed by atoms with Crippen LogP contribution in [-0.4, -0.2) is 47.1 Å². The standard InChI is InChI=1S/C26H30N4O3/c1-5-25(31)30-12-10-20(11-13-30)33-24-14-21-22(15-23(24)32-4)27-16-28-26(21)29-19-8-6-18(7-9-19)17(2)3/h5-9,14-17,20H,1,10-13H2,2-4H3,(H,27,28,29). The fraction of sp³-hybridized carbons (Fsp3) is 0.346. The smallest absolute Gasteiger partial charge is 0.245 e. The van der Waals surface area contributed by atoms with Gasteiger partial charge in [0, 0.05) is 43.1 Å². The van der Waals surface area contributed by atoms with Crippen LogP contribution in [0.3, 0.4) is 0 Å². The van der Waals surface area contributed by atoms with Crippen LogP contribution in [-0.2, 0) is 4.79 Å². The Balaban J connectivity index is 1.57. The molecule has 3 aromatic rings. The van der Waals surface area contributed by atoms with Gasteiger partial charge in [-0.25, -0.2) is 9.97 Å². The highest BCUT2D eigenvalue weighted by Gasteiger charge is 2.24. The monoisotopic (exact) mass is 446 g/mol. The highest BCUT2D eigenvalue weighted by atomic mass is 16.5. The number of carbonyl (C=O) groups is 1.